The summed E-state index contributed by atoms with van der Waals surface area (Å²) in [7, 11) is 0. The van der Waals surface area contributed by atoms with Crippen LogP contribution in [0.5, 0.6) is 0 Å². The van der Waals surface area contributed by atoms with Gasteiger partial charge in [0.1, 0.15) is 6.10 Å². The van der Waals surface area contributed by atoms with E-state index in [2.05, 4.69) is 36.0 Å². The molecular weight excluding hydrogens is 489 g/mol. The Kier molecular flexibility index (Phi) is 5.91. The zero-order chi connectivity index (χ0) is 26.2. The summed E-state index contributed by atoms with van der Waals surface area (Å²) in [6, 6.07) is 13.3. The summed E-state index contributed by atoms with van der Waals surface area (Å²) < 4.78 is 39.8. The molecule has 10 nitrogen and oxygen atoms in total. The second kappa shape index (κ2) is 9.09. The van der Waals surface area contributed by atoms with Gasteiger partial charge in [-0.1, -0.05) is 47.7 Å². The number of nitrogens with zero attached hydrogens (tertiary/aromatic N) is 6. The number of benzene rings is 2. The maximum atomic E-state index is 13.1. The van der Waals surface area contributed by atoms with E-state index >= 15 is 0 Å². The highest BCUT2D eigenvalue weighted by atomic mass is 19.4. The number of aryl methyl sites for hydroxylation is 1. The van der Waals surface area contributed by atoms with Gasteiger partial charge < -0.3 is 5.11 Å². The van der Waals surface area contributed by atoms with Crippen LogP contribution in [0.1, 0.15) is 22.6 Å². The SMILES string of the molecule is Cc1[nH]n(-c2ccc(C(F)(F)F)cc2)c(=O)c1N=NC1(c2nn[nH]n2)C=CC=C(c2ccccc2)C1O. The van der Waals surface area contributed by atoms with Crippen molar-refractivity contribution in [2.75, 3.05) is 0 Å². The predicted molar refractivity (Wildman–Crippen MR) is 126 cm³/mol. The van der Waals surface area contributed by atoms with Crippen molar-refractivity contribution in [3.8, 4) is 5.69 Å². The number of aliphatic hydroxyl groups is 1. The van der Waals surface area contributed by atoms with Crippen LogP contribution in [0, 0.1) is 6.92 Å². The largest absolute Gasteiger partial charge is 0.416 e. The topological polar surface area (TPSA) is 137 Å². The van der Waals surface area contributed by atoms with Crippen molar-refractivity contribution in [3.05, 3.63) is 106 Å². The fourth-order valence-electron chi connectivity index (χ4n) is 4.03. The lowest BCUT2D eigenvalue weighted by molar-refractivity contribution is -0.137. The van der Waals surface area contributed by atoms with E-state index in [0.29, 0.717) is 11.3 Å². The third-order valence-corrected chi connectivity index (χ3v) is 5.96. The second-order valence-electron chi connectivity index (χ2n) is 8.28. The van der Waals surface area contributed by atoms with Crippen LogP contribution in [0.4, 0.5) is 18.9 Å². The van der Waals surface area contributed by atoms with E-state index in [9.17, 15) is 23.1 Å². The average molecular weight is 508 g/mol. The molecule has 0 spiro atoms. The third kappa shape index (κ3) is 4.29. The highest BCUT2D eigenvalue weighted by Crippen LogP contribution is 2.40. The summed E-state index contributed by atoms with van der Waals surface area (Å²) in [5.74, 6) is 0.0257. The summed E-state index contributed by atoms with van der Waals surface area (Å²) >= 11 is 0. The van der Waals surface area contributed by atoms with Gasteiger partial charge >= 0.3 is 6.18 Å². The van der Waals surface area contributed by atoms with Crippen LogP contribution in [0.25, 0.3) is 11.3 Å². The van der Waals surface area contributed by atoms with Crippen LogP contribution in [0.15, 0.2) is 87.8 Å². The van der Waals surface area contributed by atoms with Crippen molar-refractivity contribution < 1.29 is 18.3 Å². The molecule has 0 saturated heterocycles. The van der Waals surface area contributed by atoms with E-state index in [1.54, 1.807) is 25.2 Å². The lowest BCUT2D eigenvalue weighted by atomic mass is 9.81. The minimum absolute atomic E-state index is 0.0257. The molecule has 1 aliphatic rings. The zero-order valence-corrected chi connectivity index (χ0v) is 19.2. The molecule has 5 rings (SSSR count). The summed E-state index contributed by atoms with van der Waals surface area (Å²) in [5.41, 5.74) is -1.43. The monoisotopic (exact) mass is 508 g/mol. The smallest absolute Gasteiger partial charge is 0.385 e. The van der Waals surface area contributed by atoms with Gasteiger partial charge in [0.25, 0.3) is 5.56 Å². The first-order valence-corrected chi connectivity index (χ1v) is 11.0. The molecule has 13 heteroatoms. The van der Waals surface area contributed by atoms with Crippen molar-refractivity contribution >= 4 is 11.3 Å². The number of aromatic nitrogens is 6. The van der Waals surface area contributed by atoms with Crippen molar-refractivity contribution in [2.24, 2.45) is 10.2 Å². The van der Waals surface area contributed by atoms with E-state index in [4.69, 9.17) is 0 Å². The Balaban J connectivity index is 1.54. The van der Waals surface area contributed by atoms with Crippen LogP contribution in [-0.2, 0) is 11.7 Å². The maximum absolute atomic E-state index is 13.1. The van der Waals surface area contributed by atoms with Gasteiger partial charge in [-0.25, -0.2) is 4.68 Å². The Morgan fingerprint density at radius 1 is 1.11 bits per heavy atom. The number of halogens is 3. The Bertz CT molecular complexity index is 1550. The number of H-pyrrole nitrogens is 2. The Hall–Kier alpha value is -4.65. The summed E-state index contributed by atoms with van der Waals surface area (Å²) in [6.07, 6.45) is -0.825. The minimum Gasteiger partial charge on any atom is -0.385 e. The van der Waals surface area contributed by atoms with Gasteiger partial charge in [0.2, 0.25) is 5.82 Å². The average Bonchev–Trinajstić information content (AvgIpc) is 3.53. The van der Waals surface area contributed by atoms with Crippen molar-refractivity contribution in [1.82, 2.24) is 30.4 Å². The van der Waals surface area contributed by atoms with Crippen LogP contribution in [-0.4, -0.2) is 41.6 Å². The molecule has 2 heterocycles. The molecule has 4 aromatic rings. The minimum atomic E-state index is -4.50. The zero-order valence-electron chi connectivity index (χ0n) is 19.2. The van der Waals surface area contributed by atoms with Gasteiger partial charge in [-0.15, -0.1) is 15.3 Å². The van der Waals surface area contributed by atoms with E-state index in [1.807, 2.05) is 30.3 Å². The summed E-state index contributed by atoms with van der Waals surface area (Å²) in [4.78, 5) is 13.1. The summed E-state index contributed by atoms with van der Waals surface area (Å²) in [6.45, 7) is 1.57. The van der Waals surface area contributed by atoms with Gasteiger partial charge in [0.05, 0.1) is 16.9 Å². The first-order valence-electron chi connectivity index (χ1n) is 11.0. The van der Waals surface area contributed by atoms with Crippen LogP contribution < -0.4 is 5.56 Å². The van der Waals surface area contributed by atoms with Crippen LogP contribution in [0.2, 0.25) is 0 Å². The first-order chi connectivity index (χ1) is 17.7. The molecule has 0 saturated carbocycles. The Labute approximate surface area is 206 Å². The molecule has 2 unspecified atom stereocenters. The van der Waals surface area contributed by atoms with Crippen LogP contribution in [0.3, 0.4) is 0 Å². The molecule has 37 heavy (non-hydrogen) atoms. The molecule has 188 valence electrons. The van der Waals surface area contributed by atoms with E-state index in [1.165, 1.54) is 12.1 Å². The second-order valence-corrected chi connectivity index (χ2v) is 8.28. The quantitative estimate of drug-likeness (QED) is 0.350. The molecule has 0 aliphatic heterocycles. The molecular formula is C24H19F3N8O2. The Morgan fingerprint density at radius 2 is 1.84 bits per heavy atom. The molecule has 2 aromatic heterocycles. The molecule has 0 radical (unpaired) electrons. The Morgan fingerprint density at radius 3 is 2.49 bits per heavy atom. The van der Waals surface area contributed by atoms with Gasteiger partial charge in [-0.2, -0.15) is 23.5 Å². The predicted octanol–water partition coefficient (Wildman–Crippen LogP) is 4.00. The number of hydrogen-bond donors (Lipinski definition) is 3. The number of nitrogens with one attached hydrogen (secondary N) is 2. The lowest BCUT2D eigenvalue weighted by Gasteiger charge is -2.31. The van der Waals surface area contributed by atoms with E-state index in [-0.39, 0.29) is 17.2 Å². The number of alkyl halides is 3. The molecule has 2 aromatic carbocycles. The van der Waals surface area contributed by atoms with Gasteiger partial charge in [0, 0.05) is 0 Å². The standard InChI is InChI=1S/C24H19F3N8O2/c1-14-19(21(37)35(31-14)17-11-9-16(10-12-17)24(25,26)27)28-32-23(22-29-33-34-30-22)13-5-8-18(20(23)36)15-6-3-2-4-7-15/h2-13,20,31,36H,1H3,(H,29,30,33,34). The normalized spacial score (nSPS) is 19.9. The van der Waals surface area contributed by atoms with Crippen LogP contribution >= 0.6 is 0 Å². The number of allylic oxidation sites excluding steroid dienone is 2. The van der Waals surface area contributed by atoms with Gasteiger partial charge in [-0.3, -0.25) is 9.89 Å². The molecule has 3 N–H and O–H groups in total. The number of hydrogen-bond acceptors (Lipinski definition) is 7. The fraction of sp³-hybridized carbons (Fsp3) is 0.167. The van der Waals surface area contributed by atoms with E-state index in [0.717, 1.165) is 22.4 Å². The van der Waals surface area contributed by atoms with Crippen molar-refractivity contribution in [1.29, 1.82) is 0 Å². The number of rotatable bonds is 5. The fourth-order valence-corrected chi connectivity index (χ4v) is 4.03. The molecule has 1 aliphatic carbocycles. The molecule has 2 atom stereocenters. The van der Waals surface area contributed by atoms with E-state index < -0.39 is 28.9 Å². The van der Waals surface area contributed by atoms with Gasteiger partial charge in [0.15, 0.2) is 11.2 Å². The van der Waals surface area contributed by atoms with Crippen molar-refractivity contribution in [2.45, 2.75) is 24.7 Å². The first kappa shape index (κ1) is 24.1. The third-order valence-electron chi connectivity index (χ3n) is 5.96. The number of tetrazole rings is 1. The summed E-state index contributed by atoms with van der Waals surface area (Å²) in [5, 5.41) is 36.6. The number of azo groups is 1. The molecule has 0 bridgehead atoms. The number of aliphatic hydroxyl groups excluding tert-OH is 1. The van der Waals surface area contributed by atoms with Gasteiger partial charge in [-0.05, 0) is 48.4 Å². The van der Waals surface area contributed by atoms with Crippen molar-refractivity contribution in [3.63, 3.8) is 0 Å². The lowest BCUT2D eigenvalue weighted by Crippen LogP contribution is -2.39. The maximum Gasteiger partial charge on any atom is 0.416 e. The highest BCUT2D eigenvalue weighted by molar-refractivity contribution is 5.73. The molecule has 0 fully saturated rings. The molecule has 0 amide bonds. The number of aromatic amines is 2. The highest BCUT2D eigenvalue weighted by Gasteiger charge is 2.46.